The van der Waals surface area contributed by atoms with E-state index in [2.05, 4.69) is 18.0 Å². The zero-order valence-electron chi connectivity index (χ0n) is 16.2. The first-order chi connectivity index (χ1) is 13.1. The molecule has 1 atom stereocenters. The van der Waals surface area contributed by atoms with Gasteiger partial charge in [-0.05, 0) is 48.7 Å². The molecule has 0 spiro atoms. The first kappa shape index (κ1) is 19.2. The average molecular weight is 369 g/mol. The van der Waals surface area contributed by atoms with Gasteiger partial charge in [0.25, 0.3) is 0 Å². The fourth-order valence-corrected chi connectivity index (χ4v) is 3.59. The molecule has 1 aliphatic rings. The lowest BCUT2D eigenvalue weighted by Crippen LogP contribution is -2.32. The minimum absolute atomic E-state index is 0.165. The molecule has 0 saturated carbocycles. The minimum Gasteiger partial charge on any atom is -0.493 e. The summed E-state index contributed by atoms with van der Waals surface area (Å²) in [4.78, 5) is 14.5. The van der Waals surface area contributed by atoms with Crippen molar-refractivity contribution in [3.05, 3.63) is 59.2 Å². The molecule has 5 heteroatoms. The number of hydrogen-bond acceptors (Lipinski definition) is 5. The molecule has 1 aliphatic heterocycles. The van der Waals surface area contributed by atoms with Crippen LogP contribution in [0, 0.1) is 0 Å². The van der Waals surface area contributed by atoms with E-state index in [1.807, 2.05) is 36.4 Å². The van der Waals surface area contributed by atoms with Crippen molar-refractivity contribution in [3.8, 4) is 11.5 Å². The highest BCUT2D eigenvalue weighted by Gasteiger charge is 2.27. The Morgan fingerprint density at radius 2 is 1.81 bits per heavy atom. The van der Waals surface area contributed by atoms with E-state index in [-0.39, 0.29) is 12.0 Å². The Morgan fingerprint density at radius 3 is 2.52 bits per heavy atom. The zero-order valence-corrected chi connectivity index (χ0v) is 16.2. The third-order valence-corrected chi connectivity index (χ3v) is 5.13. The van der Waals surface area contributed by atoms with Gasteiger partial charge < -0.3 is 14.2 Å². The average Bonchev–Trinajstić information content (AvgIpc) is 2.71. The molecule has 1 unspecified atom stereocenters. The van der Waals surface area contributed by atoms with Crippen LogP contribution in [-0.4, -0.2) is 38.7 Å². The Balaban J connectivity index is 1.65. The molecule has 0 amide bonds. The molecule has 0 bridgehead atoms. The SMILES string of the molecule is COc1cc2c(cc1OC)C(CCC(=O)OCc1ccccc1)N(C)CC2. The second kappa shape index (κ2) is 8.91. The van der Waals surface area contributed by atoms with Crippen LogP contribution >= 0.6 is 0 Å². The summed E-state index contributed by atoms with van der Waals surface area (Å²) >= 11 is 0. The van der Waals surface area contributed by atoms with Crippen LogP contribution in [0.3, 0.4) is 0 Å². The minimum atomic E-state index is -0.167. The number of rotatable bonds is 7. The number of fused-ring (bicyclic) bond motifs is 1. The van der Waals surface area contributed by atoms with Gasteiger partial charge >= 0.3 is 5.97 Å². The quantitative estimate of drug-likeness (QED) is 0.696. The van der Waals surface area contributed by atoms with Gasteiger partial charge in [-0.25, -0.2) is 0 Å². The maximum atomic E-state index is 12.2. The number of esters is 1. The van der Waals surface area contributed by atoms with E-state index in [1.54, 1.807) is 14.2 Å². The molecule has 2 aromatic rings. The summed E-state index contributed by atoms with van der Waals surface area (Å²) < 4.78 is 16.3. The van der Waals surface area contributed by atoms with Crippen molar-refractivity contribution in [1.29, 1.82) is 0 Å². The summed E-state index contributed by atoms with van der Waals surface area (Å²) in [5, 5.41) is 0. The van der Waals surface area contributed by atoms with Crippen LogP contribution in [-0.2, 0) is 22.6 Å². The van der Waals surface area contributed by atoms with Gasteiger partial charge in [0.15, 0.2) is 11.5 Å². The van der Waals surface area contributed by atoms with E-state index in [4.69, 9.17) is 14.2 Å². The van der Waals surface area contributed by atoms with Crippen LogP contribution in [0.25, 0.3) is 0 Å². The van der Waals surface area contributed by atoms with Gasteiger partial charge in [0.05, 0.1) is 14.2 Å². The lowest BCUT2D eigenvalue weighted by atomic mass is 9.89. The summed E-state index contributed by atoms with van der Waals surface area (Å²) in [6.07, 6.45) is 2.06. The standard InChI is InChI=1S/C22H27NO4/c1-23-12-11-17-13-20(25-2)21(26-3)14-18(17)19(23)9-10-22(24)27-15-16-7-5-4-6-8-16/h4-8,13-14,19H,9-12,15H2,1-3H3. The van der Waals surface area contributed by atoms with Gasteiger partial charge in [-0.15, -0.1) is 0 Å². The molecular weight excluding hydrogens is 342 g/mol. The molecular formula is C22H27NO4. The van der Waals surface area contributed by atoms with Gasteiger partial charge in [-0.3, -0.25) is 9.69 Å². The van der Waals surface area contributed by atoms with E-state index in [9.17, 15) is 4.79 Å². The van der Waals surface area contributed by atoms with Crippen LogP contribution in [0.4, 0.5) is 0 Å². The lowest BCUT2D eigenvalue weighted by Gasteiger charge is -2.35. The normalized spacial score (nSPS) is 16.5. The maximum absolute atomic E-state index is 12.2. The molecule has 5 nitrogen and oxygen atoms in total. The number of ether oxygens (including phenoxy) is 3. The van der Waals surface area contributed by atoms with Crippen molar-refractivity contribution in [2.24, 2.45) is 0 Å². The summed E-state index contributed by atoms with van der Waals surface area (Å²) in [6, 6.07) is 14.0. The molecule has 0 aromatic heterocycles. The summed E-state index contributed by atoms with van der Waals surface area (Å²) in [5.74, 6) is 1.31. The third-order valence-electron chi connectivity index (χ3n) is 5.13. The van der Waals surface area contributed by atoms with Crippen molar-refractivity contribution < 1.29 is 19.0 Å². The predicted molar refractivity (Wildman–Crippen MR) is 104 cm³/mol. The van der Waals surface area contributed by atoms with Crippen molar-refractivity contribution in [1.82, 2.24) is 4.90 Å². The van der Waals surface area contributed by atoms with E-state index in [1.165, 1.54) is 11.1 Å². The molecule has 27 heavy (non-hydrogen) atoms. The molecule has 2 aromatic carbocycles. The topological polar surface area (TPSA) is 48.0 Å². The number of likely N-dealkylation sites (N-methyl/N-ethyl adjacent to an activating group) is 1. The second-order valence-electron chi connectivity index (χ2n) is 6.84. The monoisotopic (exact) mass is 369 g/mol. The summed E-state index contributed by atoms with van der Waals surface area (Å²) in [7, 11) is 5.39. The number of benzene rings is 2. The van der Waals surface area contributed by atoms with Gasteiger partial charge in [-0.2, -0.15) is 0 Å². The number of carbonyl (C=O) groups is 1. The van der Waals surface area contributed by atoms with E-state index in [0.29, 0.717) is 19.4 Å². The zero-order chi connectivity index (χ0) is 19.2. The Morgan fingerprint density at radius 1 is 1.11 bits per heavy atom. The highest BCUT2D eigenvalue weighted by atomic mass is 16.5. The summed E-state index contributed by atoms with van der Waals surface area (Å²) in [5.41, 5.74) is 3.47. The fourth-order valence-electron chi connectivity index (χ4n) is 3.59. The van der Waals surface area contributed by atoms with Crippen LogP contribution in [0.5, 0.6) is 11.5 Å². The molecule has 0 radical (unpaired) electrons. The Hall–Kier alpha value is -2.53. The largest absolute Gasteiger partial charge is 0.493 e. The maximum Gasteiger partial charge on any atom is 0.306 e. The van der Waals surface area contributed by atoms with E-state index in [0.717, 1.165) is 30.0 Å². The summed E-state index contributed by atoms with van der Waals surface area (Å²) in [6.45, 7) is 1.27. The van der Waals surface area contributed by atoms with E-state index < -0.39 is 0 Å². The van der Waals surface area contributed by atoms with Gasteiger partial charge in [-0.1, -0.05) is 30.3 Å². The molecule has 0 aliphatic carbocycles. The second-order valence-corrected chi connectivity index (χ2v) is 6.84. The molecule has 0 saturated heterocycles. The first-order valence-corrected chi connectivity index (χ1v) is 9.27. The third kappa shape index (κ3) is 4.61. The van der Waals surface area contributed by atoms with Gasteiger partial charge in [0.1, 0.15) is 6.61 Å². The van der Waals surface area contributed by atoms with Crippen LogP contribution in [0.1, 0.15) is 35.6 Å². The van der Waals surface area contributed by atoms with Gasteiger partial charge in [0, 0.05) is 19.0 Å². The number of methoxy groups -OCH3 is 2. The fraction of sp³-hybridized carbons (Fsp3) is 0.409. The van der Waals surface area contributed by atoms with Crippen LogP contribution in [0.2, 0.25) is 0 Å². The Kier molecular flexibility index (Phi) is 6.35. The van der Waals surface area contributed by atoms with Gasteiger partial charge in [0.2, 0.25) is 0 Å². The Bertz CT molecular complexity index is 775. The predicted octanol–water partition coefficient (Wildman–Crippen LogP) is 3.76. The number of hydrogen-bond donors (Lipinski definition) is 0. The molecule has 0 fully saturated rings. The lowest BCUT2D eigenvalue weighted by molar-refractivity contribution is -0.145. The smallest absolute Gasteiger partial charge is 0.306 e. The Labute approximate surface area is 160 Å². The first-order valence-electron chi connectivity index (χ1n) is 9.27. The molecule has 3 rings (SSSR count). The molecule has 1 heterocycles. The van der Waals surface area contributed by atoms with Crippen LogP contribution < -0.4 is 9.47 Å². The highest BCUT2D eigenvalue weighted by molar-refractivity contribution is 5.69. The highest BCUT2D eigenvalue weighted by Crippen LogP contribution is 2.39. The molecule has 144 valence electrons. The van der Waals surface area contributed by atoms with Crippen LogP contribution in [0.15, 0.2) is 42.5 Å². The van der Waals surface area contributed by atoms with Crippen molar-refractivity contribution in [2.75, 3.05) is 27.8 Å². The number of nitrogens with zero attached hydrogens (tertiary/aromatic N) is 1. The van der Waals surface area contributed by atoms with Crippen molar-refractivity contribution in [3.63, 3.8) is 0 Å². The number of carbonyl (C=O) groups excluding carboxylic acids is 1. The molecule has 0 N–H and O–H groups in total. The van der Waals surface area contributed by atoms with Crippen molar-refractivity contribution in [2.45, 2.75) is 31.9 Å². The van der Waals surface area contributed by atoms with Crippen molar-refractivity contribution >= 4 is 5.97 Å². The van der Waals surface area contributed by atoms with E-state index >= 15 is 0 Å².